The van der Waals surface area contributed by atoms with Crippen LogP contribution in [0.4, 0.5) is 4.79 Å². The number of alkyl carbamates (subject to hydrolysis) is 1. The van der Waals surface area contributed by atoms with E-state index in [2.05, 4.69) is 16.0 Å². The van der Waals surface area contributed by atoms with E-state index in [0.717, 1.165) is 5.56 Å². The molecule has 4 N–H and O–H groups in total. The molecule has 0 aliphatic carbocycles. The number of benzene rings is 2. The van der Waals surface area contributed by atoms with Crippen LogP contribution in [0.5, 0.6) is 5.75 Å². The van der Waals surface area contributed by atoms with Crippen LogP contribution in [0.25, 0.3) is 0 Å². The molecular formula is C38H58N4O7S. The van der Waals surface area contributed by atoms with Crippen LogP contribution in [0.3, 0.4) is 0 Å². The van der Waals surface area contributed by atoms with Crippen LogP contribution < -0.4 is 20.7 Å². The number of hydrogen-bond donors (Lipinski definition) is 4. The van der Waals surface area contributed by atoms with E-state index in [1.807, 2.05) is 63.3 Å². The lowest BCUT2D eigenvalue weighted by Crippen LogP contribution is -2.55. The Morgan fingerprint density at radius 1 is 0.980 bits per heavy atom. The number of hydrogen-bond acceptors (Lipinski definition) is 7. The third-order valence-electron chi connectivity index (χ3n) is 7.56. The second-order valence-corrected chi connectivity index (χ2v) is 15.2. The first-order valence-corrected chi connectivity index (χ1v) is 18.5. The molecule has 2 aromatic rings. The van der Waals surface area contributed by atoms with Gasteiger partial charge >= 0.3 is 6.09 Å². The van der Waals surface area contributed by atoms with Crippen molar-refractivity contribution in [1.82, 2.24) is 20.3 Å². The van der Waals surface area contributed by atoms with E-state index in [9.17, 15) is 23.7 Å². The third-order valence-corrected chi connectivity index (χ3v) is 9.00. The number of nitrogens with zero attached hydrogens (tertiary/aromatic N) is 1. The van der Waals surface area contributed by atoms with Gasteiger partial charge in [0, 0.05) is 26.1 Å². The standard InChI is InChI=1S/C38H58N4O7S/c1-8-9-11-19-35(44)40-32(18-14-15-24-39-37(46)49-38(4,5)6)36(45)41-33(25-29-16-12-10-13-17-29)34(43)27-42(26-28(2)3)50(47)31-22-20-30(48-7)21-23-31/h8-10,12-13,16-17,20-23,28,32-34,43H,11,14-15,18-19,24-27H2,1-7H3,(H,39,46)(H,40,44)(H,41,45)/b9-8+. The molecule has 2 aromatic carbocycles. The first-order valence-electron chi connectivity index (χ1n) is 17.4. The van der Waals surface area contributed by atoms with Crippen LogP contribution in [-0.4, -0.2) is 82.1 Å². The van der Waals surface area contributed by atoms with Gasteiger partial charge in [-0.2, -0.15) is 0 Å². The van der Waals surface area contributed by atoms with E-state index < -0.39 is 46.8 Å². The van der Waals surface area contributed by atoms with Crippen molar-refractivity contribution in [3.63, 3.8) is 0 Å². The van der Waals surface area contributed by atoms with E-state index in [4.69, 9.17) is 9.47 Å². The minimum Gasteiger partial charge on any atom is -0.497 e. The number of methoxy groups -OCH3 is 1. The molecule has 4 atom stereocenters. The number of amides is 3. The average molecular weight is 715 g/mol. The van der Waals surface area contributed by atoms with Crippen LogP contribution in [0.15, 0.2) is 71.6 Å². The van der Waals surface area contributed by atoms with Gasteiger partial charge in [0.2, 0.25) is 11.8 Å². The van der Waals surface area contributed by atoms with Crippen LogP contribution in [-0.2, 0) is 31.7 Å². The Labute approximate surface area is 301 Å². The Morgan fingerprint density at radius 3 is 2.26 bits per heavy atom. The largest absolute Gasteiger partial charge is 0.497 e. The Bertz CT molecular complexity index is 1360. The summed E-state index contributed by atoms with van der Waals surface area (Å²) in [6.07, 6.45) is 4.68. The zero-order valence-electron chi connectivity index (χ0n) is 30.8. The van der Waals surface area contributed by atoms with Crippen molar-refractivity contribution in [2.75, 3.05) is 26.7 Å². The van der Waals surface area contributed by atoms with E-state index in [0.29, 0.717) is 55.8 Å². The lowest BCUT2D eigenvalue weighted by Gasteiger charge is -2.31. The molecule has 50 heavy (non-hydrogen) atoms. The molecule has 3 amide bonds. The molecule has 278 valence electrons. The predicted octanol–water partition coefficient (Wildman–Crippen LogP) is 5.30. The highest BCUT2D eigenvalue weighted by molar-refractivity contribution is 7.82. The van der Waals surface area contributed by atoms with Crippen molar-refractivity contribution in [2.24, 2.45) is 5.92 Å². The van der Waals surface area contributed by atoms with Crippen molar-refractivity contribution in [2.45, 2.75) is 109 Å². The zero-order chi connectivity index (χ0) is 37.1. The lowest BCUT2D eigenvalue weighted by molar-refractivity contribution is -0.130. The molecule has 0 radical (unpaired) electrons. The highest BCUT2D eigenvalue weighted by atomic mass is 32.2. The van der Waals surface area contributed by atoms with Crippen molar-refractivity contribution in [3.8, 4) is 5.75 Å². The molecule has 0 aliphatic rings. The number of ether oxygens (including phenoxy) is 2. The van der Waals surface area contributed by atoms with E-state index in [1.165, 1.54) is 0 Å². The molecule has 4 unspecified atom stereocenters. The fourth-order valence-electron chi connectivity index (χ4n) is 5.12. The molecule has 0 saturated heterocycles. The minimum absolute atomic E-state index is 0.0330. The number of unbranched alkanes of at least 4 members (excludes halogenated alkanes) is 1. The summed E-state index contributed by atoms with van der Waals surface area (Å²) in [6.45, 7) is 12.1. The molecule has 2 rings (SSSR count). The lowest BCUT2D eigenvalue weighted by atomic mass is 9.99. The Kier molecular flexibility index (Phi) is 18.8. The maximum atomic E-state index is 13.9. The van der Waals surface area contributed by atoms with Crippen molar-refractivity contribution in [3.05, 3.63) is 72.3 Å². The number of aliphatic hydroxyl groups excluding tert-OH is 1. The Balaban J connectivity index is 2.24. The molecule has 0 aliphatic heterocycles. The van der Waals surface area contributed by atoms with Crippen molar-refractivity contribution < 1.29 is 33.2 Å². The number of aliphatic hydroxyl groups is 1. The highest BCUT2D eigenvalue weighted by Crippen LogP contribution is 2.19. The molecule has 12 heteroatoms. The van der Waals surface area contributed by atoms with Crippen molar-refractivity contribution in [1.29, 1.82) is 0 Å². The summed E-state index contributed by atoms with van der Waals surface area (Å²) in [5.74, 6) is 0.123. The van der Waals surface area contributed by atoms with E-state index >= 15 is 0 Å². The van der Waals surface area contributed by atoms with Gasteiger partial charge in [-0.05, 0) is 95.5 Å². The molecule has 11 nitrogen and oxygen atoms in total. The van der Waals surface area contributed by atoms with Crippen LogP contribution >= 0.6 is 0 Å². The maximum Gasteiger partial charge on any atom is 0.407 e. The molecule has 0 bridgehead atoms. The minimum atomic E-state index is -1.58. The van der Waals surface area contributed by atoms with Gasteiger partial charge in [-0.15, -0.1) is 0 Å². The van der Waals surface area contributed by atoms with Crippen LogP contribution in [0, 0.1) is 5.92 Å². The molecule has 0 fully saturated rings. The average Bonchev–Trinajstić information content (AvgIpc) is 3.06. The van der Waals surface area contributed by atoms with Gasteiger partial charge in [0.15, 0.2) is 0 Å². The van der Waals surface area contributed by atoms with E-state index in [-0.39, 0.29) is 24.8 Å². The van der Waals surface area contributed by atoms with Gasteiger partial charge in [-0.3, -0.25) is 9.59 Å². The van der Waals surface area contributed by atoms with Gasteiger partial charge in [-0.25, -0.2) is 13.3 Å². The second kappa shape index (κ2) is 22.2. The third kappa shape index (κ3) is 16.8. The molecular weight excluding hydrogens is 657 g/mol. The summed E-state index contributed by atoms with van der Waals surface area (Å²) < 4.78 is 26.0. The fraction of sp³-hybridized carbons (Fsp3) is 0.553. The smallest absolute Gasteiger partial charge is 0.407 e. The first kappa shape index (κ1) is 42.4. The number of carbonyl (C=O) groups is 3. The Morgan fingerprint density at radius 2 is 1.66 bits per heavy atom. The normalized spacial score (nSPS) is 14.2. The summed E-state index contributed by atoms with van der Waals surface area (Å²) >= 11 is 0. The quantitative estimate of drug-likeness (QED) is 0.101. The first-order chi connectivity index (χ1) is 23.7. The SMILES string of the molecule is C/C=C/CCC(=O)NC(CCCCNC(=O)OC(C)(C)C)C(=O)NC(Cc1ccccc1)C(O)CN(CC(C)C)S(=O)c1ccc(OC)cc1. The Hall–Kier alpha value is -3.74. The summed E-state index contributed by atoms with van der Waals surface area (Å²) in [4.78, 5) is 39.4. The van der Waals surface area contributed by atoms with Gasteiger partial charge < -0.3 is 30.5 Å². The summed E-state index contributed by atoms with van der Waals surface area (Å²) in [7, 11) is -0.0135. The topological polar surface area (TPSA) is 146 Å². The number of allylic oxidation sites excluding steroid dienone is 2. The van der Waals surface area contributed by atoms with Crippen molar-refractivity contribution >= 4 is 28.9 Å². The van der Waals surface area contributed by atoms with E-state index in [1.54, 1.807) is 56.5 Å². The fourth-order valence-corrected chi connectivity index (χ4v) is 6.51. The number of nitrogens with one attached hydrogen (secondary N) is 3. The molecule has 0 heterocycles. The van der Waals surface area contributed by atoms with Crippen LogP contribution in [0.1, 0.15) is 79.2 Å². The van der Waals surface area contributed by atoms with Crippen LogP contribution in [0.2, 0.25) is 0 Å². The monoisotopic (exact) mass is 714 g/mol. The number of rotatable bonds is 21. The predicted molar refractivity (Wildman–Crippen MR) is 198 cm³/mol. The molecule has 0 saturated carbocycles. The van der Waals surface area contributed by atoms with Gasteiger partial charge in [0.05, 0.1) is 24.2 Å². The van der Waals surface area contributed by atoms with Gasteiger partial charge in [0.1, 0.15) is 28.4 Å². The summed E-state index contributed by atoms with van der Waals surface area (Å²) in [5, 5.41) is 20.3. The van der Waals surface area contributed by atoms with Gasteiger partial charge in [-0.1, -0.05) is 56.3 Å². The number of carbonyl (C=O) groups excluding carboxylic acids is 3. The summed E-state index contributed by atoms with van der Waals surface area (Å²) in [6, 6.07) is 14.9. The second-order valence-electron chi connectivity index (χ2n) is 13.7. The zero-order valence-corrected chi connectivity index (χ0v) is 31.6. The van der Waals surface area contributed by atoms with Gasteiger partial charge in [0.25, 0.3) is 0 Å². The molecule has 0 aromatic heterocycles. The highest BCUT2D eigenvalue weighted by Gasteiger charge is 2.30. The summed E-state index contributed by atoms with van der Waals surface area (Å²) in [5.41, 5.74) is 0.297. The molecule has 0 spiro atoms. The maximum absolute atomic E-state index is 13.9.